The second-order valence-electron chi connectivity index (χ2n) is 3.06. The van der Waals surface area contributed by atoms with Gasteiger partial charge in [0.05, 0.1) is 0 Å². The van der Waals surface area contributed by atoms with E-state index in [9.17, 15) is 0 Å². The summed E-state index contributed by atoms with van der Waals surface area (Å²) in [5.41, 5.74) is 0. The maximum Gasteiger partial charge on any atom is -0.00445 e. The first kappa shape index (κ1) is 10.3. The zero-order chi connectivity index (χ0) is 7.82. The zero-order valence-electron chi connectivity index (χ0n) is 7.52. The summed E-state index contributed by atoms with van der Waals surface area (Å²) in [6.45, 7) is 4.62. The van der Waals surface area contributed by atoms with E-state index in [-0.39, 0.29) is 0 Å². The lowest BCUT2D eigenvalue weighted by Gasteiger charge is -2.07. The Morgan fingerprint density at radius 1 is 1.30 bits per heavy atom. The molecule has 0 aromatic rings. The molecule has 10 heavy (non-hydrogen) atoms. The Labute approximate surface area is 69.8 Å². The lowest BCUT2D eigenvalue weighted by molar-refractivity contribution is 0.541. The molecule has 0 spiro atoms. The van der Waals surface area contributed by atoms with Gasteiger partial charge in [-0.1, -0.05) is 33.1 Å². The van der Waals surface area contributed by atoms with E-state index >= 15 is 0 Å². The summed E-state index contributed by atoms with van der Waals surface area (Å²) in [5, 5.41) is 0. The first-order valence-electron chi connectivity index (χ1n) is 4.30. The van der Waals surface area contributed by atoms with Crippen LogP contribution in [0.1, 0.15) is 39.5 Å². The highest BCUT2D eigenvalue weighted by Crippen LogP contribution is 2.12. The standard InChI is InChI=1S/C9H20S/c1-4-5-6-7-9(2)8-10-3/h9H,4-8H2,1-3H3. The van der Waals surface area contributed by atoms with Crippen molar-refractivity contribution in [1.29, 1.82) is 0 Å². The largest absolute Gasteiger partial charge is 0.165 e. The molecule has 1 atom stereocenters. The molecule has 62 valence electrons. The SMILES string of the molecule is CCCCCC(C)CSC. The molecule has 0 aliphatic heterocycles. The van der Waals surface area contributed by atoms with Crippen LogP contribution in [0, 0.1) is 5.92 Å². The van der Waals surface area contributed by atoms with Gasteiger partial charge in [0, 0.05) is 0 Å². The van der Waals surface area contributed by atoms with Gasteiger partial charge in [-0.15, -0.1) is 0 Å². The fourth-order valence-electron chi connectivity index (χ4n) is 1.11. The Bertz CT molecular complexity index is 61.7. The molecule has 0 fully saturated rings. The van der Waals surface area contributed by atoms with E-state index in [1.54, 1.807) is 0 Å². The lowest BCUT2D eigenvalue weighted by Crippen LogP contribution is -1.96. The number of unbranched alkanes of at least 4 members (excludes halogenated alkanes) is 2. The summed E-state index contributed by atoms with van der Waals surface area (Å²) in [4.78, 5) is 0. The van der Waals surface area contributed by atoms with Gasteiger partial charge in [0.1, 0.15) is 0 Å². The van der Waals surface area contributed by atoms with E-state index in [0.717, 1.165) is 5.92 Å². The highest BCUT2D eigenvalue weighted by Gasteiger charge is 1.98. The lowest BCUT2D eigenvalue weighted by atomic mass is 10.1. The predicted molar refractivity (Wildman–Crippen MR) is 51.7 cm³/mol. The van der Waals surface area contributed by atoms with Gasteiger partial charge < -0.3 is 0 Å². The van der Waals surface area contributed by atoms with Gasteiger partial charge >= 0.3 is 0 Å². The fourth-order valence-corrected chi connectivity index (χ4v) is 1.85. The maximum absolute atomic E-state index is 2.35. The highest BCUT2D eigenvalue weighted by molar-refractivity contribution is 7.98. The van der Waals surface area contributed by atoms with Crippen LogP contribution in [-0.4, -0.2) is 12.0 Å². The van der Waals surface area contributed by atoms with E-state index in [4.69, 9.17) is 0 Å². The smallest absolute Gasteiger partial charge is 0.00445 e. The van der Waals surface area contributed by atoms with Gasteiger partial charge in [0.25, 0.3) is 0 Å². The molecule has 0 radical (unpaired) electrons. The molecule has 0 saturated heterocycles. The first-order chi connectivity index (χ1) is 4.81. The Hall–Kier alpha value is 0.350. The Kier molecular flexibility index (Phi) is 7.72. The highest BCUT2D eigenvalue weighted by atomic mass is 32.2. The third-order valence-electron chi connectivity index (χ3n) is 1.75. The van der Waals surface area contributed by atoms with E-state index in [1.807, 2.05) is 11.8 Å². The van der Waals surface area contributed by atoms with Crippen LogP contribution in [0.3, 0.4) is 0 Å². The van der Waals surface area contributed by atoms with Crippen molar-refractivity contribution in [2.75, 3.05) is 12.0 Å². The molecule has 0 heterocycles. The maximum atomic E-state index is 2.35. The molecule has 0 nitrogen and oxygen atoms in total. The monoisotopic (exact) mass is 160 g/mol. The van der Waals surface area contributed by atoms with Gasteiger partial charge in [0.15, 0.2) is 0 Å². The first-order valence-corrected chi connectivity index (χ1v) is 5.69. The second kappa shape index (κ2) is 7.46. The van der Waals surface area contributed by atoms with E-state index < -0.39 is 0 Å². The van der Waals surface area contributed by atoms with Crippen LogP contribution in [0.4, 0.5) is 0 Å². The number of hydrogen-bond donors (Lipinski definition) is 0. The van der Waals surface area contributed by atoms with Crippen molar-refractivity contribution in [3.63, 3.8) is 0 Å². The summed E-state index contributed by atoms with van der Waals surface area (Å²) in [6, 6.07) is 0. The number of rotatable bonds is 6. The van der Waals surface area contributed by atoms with Crippen molar-refractivity contribution in [3.05, 3.63) is 0 Å². The minimum atomic E-state index is 0.932. The molecule has 0 aromatic carbocycles. The topological polar surface area (TPSA) is 0 Å². The summed E-state index contributed by atoms with van der Waals surface area (Å²) >= 11 is 1.97. The molecule has 0 aliphatic rings. The van der Waals surface area contributed by atoms with Crippen molar-refractivity contribution in [2.45, 2.75) is 39.5 Å². The summed E-state index contributed by atoms with van der Waals surface area (Å²) in [7, 11) is 0. The van der Waals surface area contributed by atoms with Gasteiger partial charge in [-0.05, 0) is 24.3 Å². The van der Waals surface area contributed by atoms with Crippen LogP contribution >= 0.6 is 11.8 Å². The minimum absolute atomic E-state index is 0.932. The van der Waals surface area contributed by atoms with Gasteiger partial charge in [-0.3, -0.25) is 0 Å². The number of thioether (sulfide) groups is 1. The summed E-state index contributed by atoms with van der Waals surface area (Å²) < 4.78 is 0. The van der Waals surface area contributed by atoms with Crippen LogP contribution < -0.4 is 0 Å². The van der Waals surface area contributed by atoms with Gasteiger partial charge in [0.2, 0.25) is 0 Å². The molecule has 0 rings (SSSR count). The van der Waals surface area contributed by atoms with Crippen molar-refractivity contribution < 1.29 is 0 Å². The van der Waals surface area contributed by atoms with Gasteiger partial charge in [-0.25, -0.2) is 0 Å². The molecule has 0 amide bonds. The molecule has 0 N–H and O–H groups in total. The molecular formula is C9H20S. The zero-order valence-corrected chi connectivity index (χ0v) is 8.34. The quantitative estimate of drug-likeness (QED) is 0.535. The third kappa shape index (κ3) is 6.47. The normalized spacial score (nSPS) is 13.5. The van der Waals surface area contributed by atoms with Crippen LogP contribution in [0.2, 0.25) is 0 Å². The molecule has 0 saturated carbocycles. The fraction of sp³-hybridized carbons (Fsp3) is 1.00. The average Bonchev–Trinajstić information content (AvgIpc) is 1.89. The average molecular weight is 160 g/mol. The van der Waals surface area contributed by atoms with Crippen LogP contribution in [0.15, 0.2) is 0 Å². The number of hydrogen-bond acceptors (Lipinski definition) is 1. The Morgan fingerprint density at radius 3 is 2.50 bits per heavy atom. The molecular weight excluding hydrogens is 140 g/mol. The third-order valence-corrected chi connectivity index (χ3v) is 2.65. The van der Waals surface area contributed by atoms with Crippen LogP contribution in [0.5, 0.6) is 0 Å². The van der Waals surface area contributed by atoms with Crippen LogP contribution in [-0.2, 0) is 0 Å². The van der Waals surface area contributed by atoms with E-state index in [1.165, 1.54) is 31.4 Å². The van der Waals surface area contributed by atoms with Crippen LogP contribution in [0.25, 0.3) is 0 Å². The van der Waals surface area contributed by atoms with E-state index in [0.29, 0.717) is 0 Å². The molecule has 1 heteroatoms. The Morgan fingerprint density at radius 2 is 2.00 bits per heavy atom. The molecule has 1 unspecified atom stereocenters. The summed E-state index contributed by atoms with van der Waals surface area (Å²) in [6.07, 6.45) is 7.81. The molecule has 0 aliphatic carbocycles. The van der Waals surface area contributed by atoms with Crippen molar-refractivity contribution in [2.24, 2.45) is 5.92 Å². The second-order valence-corrected chi connectivity index (χ2v) is 3.97. The van der Waals surface area contributed by atoms with Crippen molar-refractivity contribution >= 4 is 11.8 Å². The van der Waals surface area contributed by atoms with Crippen molar-refractivity contribution in [3.8, 4) is 0 Å². The van der Waals surface area contributed by atoms with E-state index in [2.05, 4.69) is 20.1 Å². The molecule has 0 aromatic heterocycles. The predicted octanol–water partition coefficient (Wildman–Crippen LogP) is 3.57. The van der Waals surface area contributed by atoms with Crippen molar-refractivity contribution in [1.82, 2.24) is 0 Å². The Balaban J connectivity index is 2.97. The summed E-state index contributed by atoms with van der Waals surface area (Å²) in [5.74, 6) is 2.27. The van der Waals surface area contributed by atoms with Gasteiger partial charge in [-0.2, -0.15) is 11.8 Å². The molecule has 0 bridgehead atoms. The minimum Gasteiger partial charge on any atom is -0.165 e.